The van der Waals surface area contributed by atoms with E-state index in [9.17, 15) is 58.5 Å². The number of nitrogens with zero attached hydrogens (tertiary/aromatic N) is 31. The van der Waals surface area contributed by atoms with Crippen LogP contribution < -0.4 is 24.3 Å². The van der Waals surface area contributed by atoms with Crippen molar-refractivity contribution >= 4 is 104 Å². The van der Waals surface area contributed by atoms with Crippen LogP contribution >= 0.6 is 23.2 Å². The van der Waals surface area contributed by atoms with Crippen LogP contribution in [-0.2, 0) is 6.54 Å². The Kier molecular flexibility index (Phi) is 29.0. The largest absolute Gasteiger partial charge is 0.497 e. The fourth-order valence-electron chi connectivity index (χ4n) is 21.5. The maximum atomic E-state index is 13.7. The summed E-state index contributed by atoms with van der Waals surface area (Å²) in [7, 11) is 1.57. The molecular formula is C102H118Cl2F3N31O6. The van der Waals surface area contributed by atoms with Gasteiger partial charge in [0.25, 0.3) is 23.6 Å². The van der Waals surface area contributed by atoms with E-state index < -0.39 is 30.7 Å². The molecule has 12 aromatic heterocycles. The third-order valence-electron chi connectivity index (χ3n) is 29.2. The first-order valence-electron chi connectivity index (χ1n) is 49.6. The Balaban J connectivity index is 0.000000126. The van der Waals surface area contributed by atoms with Gasteiger partial charge in [-0.3, -0.25) is 28.5 Å². The minimum atomic E-state index is -4.48. The number of nitriles is 4. The molecule has 21 rings (SSSR count). The van der Waals surface area contributed by atoms with Crippen molar-refractivity contribution in [2.75, 3.05) is 105 Å². The fourth-order valence-corrected chi connectivity index (χ4v) is 21.9. The molecule has 0 saturated carbocycles. The normalized spacial score (nSPS) is 22.5. The van der Waals surface area contributed by atoms with Crippen molar-refractivity contribution in [3.8, 4) is 30.0 Å². The van der Waals surface area contributed by atoms with Crippen molar-refractivity contribution in [2.24, 2.45) is 41.4 Å². The zero-order valence-corrected chi connectivity index (χ0v) is 84.3. The van der Waals surface area contributed by atoms with E-state index in [1.165, 1.54) is 12.3 Å². The van der Waals surface area contributed by atoms with Gasteiger partial charge in [-0.25, -0.2) is 47.7 Å². The number of aliphatic hydroxyl groups excluding tert-OH is 1. The highest BCUT2D eigenvalue weighted by Gasteiger charge is 2.43. The van der Waals surface area contributed by atoms with Crippen molar-refractivity contribution in [3.05, 3.63) is 182 Å². The summed E-state index contributed by atoms with van der Waals surface area (Å²) >= 11 is 12.8. The van der Waals surface area contributed by atoms with Crippen LogP contribution in [0.15, 0.2) is 104 Å². The highest BCUT2D eigenvalue weighted by molar-refractivity contribution is 6.34. The number of aromatic nitrogens is 19. The second-order valence-corrected chi connectivity index (χ2v) is 40.9. The number of fused-ring (bicyclic) bond motifs is 5. The number of benzene rings is 1. The SMILES string of the molecule is COc1ccc(Cl)c(C(=O)N2CCCC[C@H]2c2cc3nc(N4C[C@@H](C#N)[C@@H](C)C4)c(C)cn3n2)c1.Cc1cn2nc([C@@H]3CCCCN3C(=O)c3c(Cl)cnn3C(C)C)cc2nc1N1C[C@@H](C#N)[C@@H](C)C1.Cc1cn2nc([C@@H]3CCCCN3C(=O)c3ccnn3CC(F)(F)F)cc2nc1N1C[C@@H](C#N)[C@@H](C)C1.Cc1cn2nc([C@@H]3CCCCN3C(=O)c3cnc4c(cnn4C(C)C)c3)cc2nc1N1C[C@@H](C#N)[C@@H](O)C1. The van der Waals surface area contributed by atoms with Gasteiger partial charge in [-0.15, -0.1) is 0 Å². The number of halogens is 5. The zero-order valence-electron chi connectivity index (χ0n) is 82.8. The average Bonchev–Trinajstić information content (AvgIpc) is 1.63. The predicted octanol–water partition coefficient (Wildman–Crippen LogP) is 15.9. The molecule has 8 fully saturated rings. The molecule has 8 aliphatic rings. The summed E-state index contributed by atoms with van der Waals surface area (Å²) in [5, 5.41) is 81.0. The first-order chi connectivity index (χ1) is 69.1. The number of carbonyl (C=O) groups is 4. The average molecular weight is 2000 g/mol. The van der Waals surface area contributed by atoms with E-state index in [0.717, 1.165) is 175 Å². The van der Waals surface area contributed by atoms with Crippen molar-refractivity contribution in [2.45, 2.75) is 208 Å². The molecule has 144 heavy (non-hydrogen) atoms. The Bertz CT molecular complexity index is 7190. The standard InChI is InChI=1S/C27H31N9O2.C26H29ClN6O2.C25H31ClN8O.C24H27F3N8O/c1-16(2)36-26-18(12-30-36)8-19(11-29-26)27(38)34-7-5-4-6-22(34)21-9-24-31-25(17(3)13-35(24)32-21)33-14-20(10-28)23(37)15-33;1-16-13-31(15-18(16)12-28)25-17(2)14-33-24(29-25)11-22(30-33)23-6-4-5-9-32(23)26(34)20-10-19(35-3)7-8-21(20)27;1-15(2)34-23(19(26)11-28-34)25(35)32-8-6-5-7-21(32)20-9-22-29-24(17(4)13-33(22)30-20)31-12-16(3)18(10-27)14-31;1-15-11-32(13-17(15)10-28)22-16(2)12-34-21(30-22)9-18(31-34)19-5-3-4-8-33(19)23(36)20-6-7-29-35(20)14-24(25,26)27/h8-9,11-13,16,20,22-23,37H,4-7,14-15H2,1-3H3;7-8,10-11,14,16,18,23H,4-6,9,13,15H2,1-3H3;9,11,13,15-16,18,21H,5-8,12,14H2,1-4H3;6-7,9,12,15,17,19H,3-5,8,11,13-14H2,1-2H3/t20-,22+,23+;16-,18+,23-;16-,18+,21-;15-,17+,19-/m1000/s1. The monoisotopic (exact) mass is 2000 g/mol. The number of hydrogen-bond donors (Lipinski definition) is 1. The van der Waals surface area contributed by atoms with Gasteiger partial charge in [-0.2, -0.15) is 69.9 Å². The molecule has 12 atom stereocenters. The van der Waals surface area contributed by atoms with Crippen LogP contribution in [0.1, 0.15) is 248 Å². The molecular weight excluding hydrogens is 1880 g/mol. The number of anilines is 4. The van der Waals surface area contributed by atoms with Crippen LogP contribution in [0, 0.1) is 114 Å². The number of hydrogen-bond acceptors (Lipinski definition) is 26. The van der Waals surface area contributed by atoms with Gasteiger partial charge >= 0.3 is 6.18 Å². The molecule has 0 spiro atoms. The summed E-state index contributed by atoms with van der Waals surface area (Å²) in [6, 6.07) is 24.9. The lowest BCUT2D eigenvalue weighted by molar-refractivity contribution is -0.142. The maximum absolute atomic E-state index is 13.7. The number of carbonyl (C=O) groups excluding carboxylic acids is 4. The molecule has 0 bridgehead atoms. The first kappa shape index (κ1) is 100. The number of alkyl halides is 3. The van der Waals surface area contributed by atoms with Crippen LogP contribution in [-0.4, -0.2) is 239 Å². The van der Waals surface area contributed by atoms with E-state index in [1.54, 1.807) is 71.5 Å². The van der Waals surface area contributed by atoms with Crippen LogP contribution in [0.3, 0.4) is 0 Å². The molecule has 37 nitrogen and oxygen atoms in total. The molecule has 0 aliphatic carbocycles. The topological polar surface area (TPSA) is 406 Å². The summed E-state index contributed by atoms with van der Waals surface area (Å²) in [5.74, 6) is 3.60. The number of aliphatic hydroxyl groups is 1. The summed E-state index contributed by atoms with van der Waals surface area (Å²) in [6.07, 6.45) is 19.5. The number of ether oxygens (including phenoxy) is 1. The van der Waals surface area contributed by atoms with E-state index in [2.05, 4.69) is 93.9 Å². The lowest BCUT2D eigenvalue weighted by Gasteiger charge is -2.35. The van der Waals surface area contributed by atoms with Crippen molar-refractivity contribution in [1.82, 2.24) is 112 Å². The Morgan fingerprint density at radius 1 is 0.465 bits per heavy atom. The number of aryl methyl sites for hydroxylation is 4. The Labute approximate surface area is 841 Å². The van der Waals surface area contributed by atoms with E-state index in [4.69, 9.17) is 68.3 Å². The molecule has 0 unspecified atom stereocenters. The second-order valence-electron chi connectivity index (χ2n) is 40.1. The van der Waals surface area contributed by atoms with Gasteiger partial charge in [0.05, 0.1) is 142 Å². The second kappa shape index (κ2) is 41.7. The smallest absolute Gasteiger partial charge is 0.408 e. The molecule has 8 aliphatic heterocycles. The molecule has 0 radical (unpaired) electrons. The molecule has 8 saturated heterocycles. The van der Waals surface area contributed by atoms with Gasteiger partial charge < -0.3 is 49.0 Å². The van der Waals surface area contributed by atoms with Crippen molar-refractivity contribution < 1.29 is 42.2 Å². The van der Waals surface area contributed by atoms with E-state index in [0.29, 0.717) is 131 Å². The van der Waals surface area contributed by atoms with Crippen LogP contribution in [0.4, 0.5) is 36.4 Å². The number of β-amino-alcohol motifs (C(OH)–C–C–N with tert-alkyl or cyclic N) is 1. The third-order valence-corrected chi connectivity index (χ3v) is 29.8. The Hall–Kier alpha value is -14.1. The van der Waals surface area contributed by atoms with Gasteiger partial charge in [0, 0.05) is 180 Å². The molecule has 752 valence electrons. The Morgan fingerprint density at radius 2 is 0.854 bits per heavy atom. The number of likely N-dealkylation sites (tertiary alicyclic amines) is 4. The highest BCUT2D eigenvalue weighted by Crippen LogP contribution is 2.43. The van der Waals surface area contributed by atoms with Crippen LogP contribution in [0.5, 0.6) is 5.75 Å². The molecule has 13 aromatic rings. The quantitative estimate of drug-likeness (QED) is 0.0938. The molecule has 4 amide bonds. The zero-order chi connectivity index (χ0) is 102. The van der Waals surface area contributed by atoms with E-state index >= 15 is 0 Å². The number of pyridine rings is 1. The summed E-state index contributed by atoms with van der Waals surface area (Å²) < 4.78 is 55.6. The lowest BCUT2D eigenvalue weighted by atomic mass is 9.98. The summed E-state index contributed by atoms with van der Waals surface area (Å²) in [6.45, 7) is 28.6. The third kappa shape index (κ3) is 20.3. The summed E-state index contributed by atoms with van der Waals surface area (Å²) in [4.78, 5) is 94.1. The van der Waals surface area contributed by atoms with Crippen molar-refractivity contribution in [1.29, 1.82) is 21.0 Å². The highest BCUT2D eigenvalue weighted by atomic mass is 35.5. The minimum absolute atomic E-state index is 0.0122. The van der Waals surface area contributed by atoms with Gasteiger partial charge in [-0.05, 0) is 181 Å². The van der Waals surface area contributed by atoms with Crippen LogP contribution in [0.2, 0.25) is 10.0 Å². The molecule has 20 heterocycles. The minimum Gasteiger partial charge on any atom is -0.497 e. The lowest BCUT2D eigenvalue weighted by Crippen LogP contribution is -2.40. The molecule has 1 N–H and O–H groups in total. The number of methoxy groups -OCH3 is 1. The number of piperidine rings is 4. The summed E-state index contributed by atoms with van der Waals surface area (Å²) in [5.41, 5.74) is 11.9. The van der Waals surface area contributed by atoms with Crippen LogP contribution in [0.25, 0.3) is 33.6 Å². The molecule has 1 aromatic carbocycles. The molecule has 42 heteroatoms. The van der Waals surface area contributed by atoms with Gasteiger partial charge in [0.15, 0.2) is 28.2 Å². The number of rotatable bonds is 16. The van der Waals surface area contributed by atoms with Gasteiger partial charge in [0.1, 0.15) is 47.0 Å². The van der Waals surface area contributed by atoms with Gasteiger partial charge in [-0.1, -0.05) is 44.0 Å². The fraction of sp³-hybridized carbons (Fsp3) is 0.510. The van der Waals surface area contributed by atoms with E-state index in [1.807, 2.05) is 121 Å². The Morgan fingerprint density at radius 3 is 1.24 bits per heavy atom. The predicted molar refractivity (Wildman–Crippen MR) is 532 cm³/mol. The van der Waals surface area contributed by atoms with Crippen molar-refractivity contribution in [3.63, 3.8) is 0 Å². The number of amides is 4. The van der Waals surface area contributed by atoms with Gasteiger partial charge in [0.2, 0.25) is 0 Å². The van der Waals surface area contributed by atoms with E-state index in [-0.39, 0.29) is 83.3 Å². The first-order valence-corrected chi connectivity index (χ1v) is 50.4. The maximum Gasteiger partial charge on any atom is 0.408 e.